The highest BCUT2D eigenvalue weighted by atomic mass is 32.1. The van der Waals surface area contributed by atoms with Gasteiger partial charge in [-0.1, -0.05) is 60.2 Å². The molecule has 0 aliphatic heterocycles. The molecule has 0 saturated carbocycles. The fourth-order valence-electron chi connectivity index (χ4n) is 4.17. The Labute approximate surface area is 216 Å². The number of hydrogen-bond donors (Lipinski definition) is 2. The quantitative estimate of drug-likeness (QED) is 0.316. The summed E-state index contributed by atoms with van der Waals surface area (Å²) in [6.45, 7) is 3.76. The minimum atomic E-state index is -0.152. The molecule has 2 N–H and O–H groups in total. The van der Waals surface area contributed by atoms with E-state index in [1.54, 1.807) is 20.3 Å². The first kappa shape index (κ1) is 25.3. The highest BCUT2D eigenvalue weighted by Crippen LogP contribution is 2.31. The van der Waals surface area contributed by atoms with E-state index >= 15 is 0 Å². The van der Waals surface area contributed by atoms with E-state index in [1.807, 2.05) is 30.3 Å². The monoisotopic (exact) mass is 501 g/mol. The lowest BCUT2D eigenvalue weighted by molar-refractivity contribution is 0.355. The maximum absolute atomic E-state index is 13.0. The van der Waals surface area contributed by atoms with E-state index in [2.05, 4.69) is 58.5 Å². The molecule has 4 aromatic rings. The number of rotatable bonds is 9. The van der Waals surface area contributed by atoms with Gasteiger partial charge in [0.25, 0.3) is 5.56 Å². The van der Waals surface area contributed by atoms with Crippen molar-refractivity contribution in [2.45, 2.75) is 26.4 Å². The Morgan fingerprint density at radius 1 is 0.944 bits per heavy atom. The van der Waals surface area contributed by atoms with Crippen LogP contribution < -0.4 is 20.3 Å². The average molecular weight is 502 g/mol. The minimum absolute atomic E-state index is 0.152. The summed E-state index contributed by atoms with van der Waals surface area (Å²) in [6.07, 6.45) is 0.811. The Bertz CT molecular complexity index is 1400. The van der Waals surface area contributed by atoms with Gasteiger partial charge in [-0.15, -0.1) is 0 Å². The summed E-state index contributed by atoms with van der Waals surface area (Å²) in [4.78, 5) is 18.1. The second-order valence-corrected chi connectivity index (χ2v) is 9.11. The first-order chi connectivity index (χ1) is 17.5. The van der Waals surface area contributed by atoms with Crippen LogP contribution in [0.3, 0.4) is 0 Å². The first-order valence-corrected chi connectivity index (χ1v) is 12.3. The van der Waals surface area contributed by atoms with Crippen molar-refractivity contribution in [3.05, 3.63) is 105 Å². The molecule has 6 nitrogen and oxygen atoms in total. The van der Waals surface area contributed by atoms with Gasteiger partial charge in [-0.2, -0.15) is 0 Å². The van der Waals surface area contributed by atoms with Gasteiger partial charge in [0.05, 0.1) is 26.3 Å². The minimum Gasteiger partial charge on any atom is -0.493 e. The van der Waals surface area contributed by atoms with Gasteiger partial charge in [0.1, 0.15) is 0 Å². The molecular formula is C29H31N3O3S. The highest BCUT2D eigenvalue weighted by Gasteiger charge is 2.15. The zero-order chi connectivity index (χ0) is 25.5. The largest absolute Gasteiger partial charge is 0.493 e. The van der Waals surface area contributed by atoms with Gasteiger partial charge >= 0.3 is 0 Å². The van der Waals surface area contributed by atoms with E-state index in [0.29, 0.717) is 47.3 Å². The van der Waals surface area contributed by atoms with Gasteiger partial charge in [-0.05, 0) is 48.8 Å². The molecule has 0 spiro atoms. The predicted molar refractivity (Wildman–Crippen MR) is 149 cm³/mol. The standard InChI is InChI=1S/C29H31N3O3S/c1-20-8-7-11-21(14-20)12-13-32(29(36)30-18-22-9-5-4-6-10-22)19-24-15-23-16-26(34-2)27(35-3)17-25(23)31-28(24)33/h4-11,14-17H,12-13,18-19H2,1-3H3,(H,30,36)(H,31,33). The van der Waals surface area contributed by atoms with E-state index < -0.39 is 0 Å². The average Bonchev–Trinajstić information content (AvgIpc) is 2.89. The fourth-order valence-corrected chi connectivity index (χ4v) is 4.40. The Hall–Kier alpha value is -3.84. The SMILES string of the molecule is COc1cc2cc(CN(CCc3cccc(C)c3)C(=S)NCc3ccccc3)c(=O)[nH]c2cc1OC. The van der Waals surface area contributed by atoms with Crippen molar-refractivity contribution in [2.75, 3.05) is 20.8 Å². The van der Waals surface area contributed by atoms with Crippen LogP contribution in [-0.4, -0.2) is 35.8 Å². The van der Waals surface area contributed by atoms with Crippen molar-refractivity contribution >= 4 is 28.2 Å². The number of methoxy groups -OCH3 is 2. The third kappa shape index (κ3) is 6.23. The Balaban J connectivity index is 1.59. The van der Waals surface area contributed by atoms with E-state index in [9.17, 15) is 4.79 Å². The van der Waals surface area contributed by atoms with Crippen LogP contribution in [0.2, 0.25) is 0 Å². The molecule has 0 unspecified atom stereocenters. The number of aryl methyl sites for hydroxylation is 1. The first-order valence-electron chi connectivity index (χ1n) is 11.9. The molecule has 0 atom stereocenters. The van der Waals surface area contributed by atoms with Gasteiger partial charge < -0.3 is 24.7 Å². The number of H-pyrrole nitrogens is 1. The van der Waals surface area contributed by atoms with Crippen LogP contribution in [0.4, 0.5) is 0 Å². The van der Waals surface area contributed by atoms with Crippen molar-refractivity contribution in [3.8, 4) is 11.5 Å². The topological polar surface area (TPSA) is 66.6 Å². The molecule has 0 bridgehead atoms. The van der Waals surface area contributed by atoms with Gasteiger partial charge in [-0.25, -0.2) is 0 Å². The predicted octanol–water partition coefficient (Wildman–Crippen LogP) is 4.97. The number of hydrogen-bond acceptors (Lipinski definition) is 4. The van der Waals surface area contributed by atoms with Gasteiger partial charge in [0.2, 0.25) is 0 Å². The fraction of sp³-hybridized carbons (Fsp3) is 0.241. The molecule has 1 aromatic heterocycles. The van der Waals surface area contributed by atoms with Crippen LogP contribution in [0, 0.1) is 6.92 Å². The van der Waals surface area contributed by atoms with Crippen molar-refractivity contribution in [3.63, 3.8) is 0 Å². The van der Waals surface area contributed by atoms with E-state index in [0.717, 1.165) is 17.4 Å². The van der Waals surface area contributed by atoms with Crippen LogP contribution in [0.1, 0.15) is 22.3 Å². The Morgan fingerprint density at radius 3 is 2.39 bits per heavy atom. The lowest BCUT2D eigenvalue weighted by Gasteiger charge is -2.26. The van der Waals surface area contributed by atoms with Crippen LogP contribution >= 0.6 is 12.2 Å². The van der Waals surface area contributed by atoms with Crippen LogP contribution in [0.5, 0.6) is 11.5 Å². The lowest BCUT2D eigenvalue weighted by Crippen LogP contribution is -2.41. The molecule has 0 amide bonds. The molecule has 4 rings (SSSR count). The number of benzene rings is 3. The van der Waals surface area contributed by atoms with Crippen molar-refractivity contribution in [1.82, 2.24) is 15.2 Å². The molecule has 186 valence electrons. The smallest absolute Gasteiger partial charge is 0.253 e. The molecule has 0 aliphatic rings. The van der Waals surface area contributed by atoms with Crippen molar-refractivity contribution in [1.29, 1.82) is 0 Å². The Morgan fingerprint density at radius 2 is 1.67 bits per heavy atom. The molecular weight excluding hydrogens is 470 g/mol. The second kappa shape index (κ2) is 11.7. The summed E-state index contributed by atoms with van der Waals surface area (Å²) in [5.41, 5.74) is 4.76. The zero-order valence-corrected chi connectivity index (χ0v) is 21.7. The summed E-state index contributed by atoms with van der Waals surface area (Å²) in [5.74, 6) is 1.18. The molecule has 7 heteroatoms. The summed E-state index contributed by atoms with van der Waals surface area (Å²) >= 11 is 5.79. The van der Waals surface area contributed by atoms with Crippen LogP contribution in [0.25, 0.3) is 10.9 Å². The summed E-state index contributed by atoms with van der Waals surface area (Å²) in [7, 11) is 3.17. The number of pyridine rings is 1. The lowest BCUT2D eigenvalue weighted by atomic mass is 10.1. The van der Waals surface area contributed by atoms with E-state index in [1.165, 1.54) is 11.1 Å². The third-order valence-corrected chi connectivity index (χ3v) is 6.52. The number of aromatic nitrogens is 1. The molecule has 0 radical (unpaired) electrons. The van der Waals surface area contributed by atoms with Crippen LogP contribution in [0.15, 0.2) is 77.6 Å². The number of ether oxygens (including phenoxy) is 2. The summed E-state index contributed by atoms with van der Waals surface area (Å²) in [5, 5.41) is 4.84. The van der Waals surface area contributed by atoms with Crippen LogP contribution in [-0.2, 0) is 19.5 Å². The molecule has 1 heterocycles. The Kier molecular flexibility index (Phi) is 8.23. The molecule has 36 heavy (non-hydrogen) atoms. The number of thiocarbonyl (C=S) groups is 1. The third-order valence-electron chi connectivity index (χ3n) is 6.11. The van der Waals surface area contributed by atoms with Crippen molar-refractivity contribution in [2.24, 2.45) is 0 Å². The number of fused-ring (bicyclic) bond motifs is 1. The van der Waals surface area contributed by atoms with Gasteiger partial charge in [-0.3, -0.25) is 4.79 Å². The molecule has 0 saturated heterocycles. The summed E-state index contributed by atoms with van der Waals surface area (Å²) in [6, 6.07) is 24.1. The number of aromatic amines is 1. The molecule has 0 aliphatic carbocycles. The molecule has 0 fully saturated rings. The van der Waals surface area contributed by atoms with Gasteiger partial charge in [0, 0.05) is 30.1 Å². The maximum atomic E-state index is 13.0. The summed E-state index contributed by atoms with van der Waals surface area (Å²) < 4.78 is 10.8. The molecule has 3 aromatic carbocycles. The van der Waals surface area contributed by atoms with Crippen molar-refractivity contribution < 1.29 is 9.47 Å². The maximum Gasteiger partial charge on any atom is 0.253 e. The van der Waals surface area contributed by atoms with E-state index in [4.69, 9.17) is 21.7 Å². The number of nitrogens with one attached hydrogen (secondary N) is 2. The van der Waals surface area contributed by atoms with Gasteiger partial charge in [0.15, 0.2) is 16.6 Å². The number of nitrogens with zero attached hydrogens (tertiary/aromatic N) is 1. The van der Waals surface area contributed by atoms with E-state index in [-0.39, 0.29) is 5.56 Å². The second-order valence-electron chi connectivity index (χ2n) is 8.72. The normalized spacial score (nSPS) is 10.8. The highest BCUT2D eigenvalue weighted by molar-refractivity contribution is 7.80. The zero-order valence-electron chi connectivity index (χ0n) is 20.8.